The lowest BCUT2D eigenvalue weighted by Gasteiger charge is -2.09. The van der Waals surface area contributed by atoms with E-state index in [1.807, 2.05) is 0 Å². The van der Waals surface area contributed by atoms with Crippen molar-refractivity contribution in [2.45, 2.75) is 20.0 Å². The van der Waals surface area contributed by atoms with E-state index < -0.39 is 24.0 Å². The van der Waals surface area contributed by atoms with Crippen molar-refractivity contribution in [1.82, 2.24) is 0 Å². The van der Waals surface area contributed by atoms with E-state index in [0.29, 0.717) is 6.08 Å². The minimum absolute atomic E-state index is 0.186. The highest BCUT2D eigenvalue weighted by atomic mass is 16.6. The lowest BCUT2D eigenvalue weighted by atomic mass is 10.4. The smallest absolute Gasteiger partial charge is 0.347 e. The highest BCUT2D eigenvalue weighted by molar-refractivity contribution is 5.91. The van der Waals surface area contributed by atoms with Crippen molar-refractivity contribution < 1.29 is 29.0 Å². The SMILES string of the molecule is CCOC(=O)[C@H](C)OC(=O)/C=C\C(=O)O. The molecule has 0 aromatic rings. The molecule has 1 N–H and O–H groups in total. The second kappa shape index (κ2) is 6.58. The number of hydrogen-bond acceptors (Lipinski definition) is 5. The molecule has 0 aliphatic heterocycles. The zero-order chi connectivity index (χ0) is 11.8. The van der Waals surface area contributed by atoms with Gasteiger partial charge >= 0.3 is 17.9 Å². The minimum atomic E-state index is -1.27. The molecule has 0 aromatic heterocycles. The third-order valence-corrected chi connectivity index (χ3v) is 1.27. The lowest BCUT2D eigenvalue weighted by molar-refractivity contribution is -0.163. The Hall–Kier alpha value is -1.85. The van der Waals surface area contributed by atoms with E-state index in [2.05, 4.69) is 9.47 Å². The Morgan fingerprint density at radius 3 is 2.40 bits per heavy atom. The van der Waals surface area contributed by atoms with Gasteiger partial charge in [0, 0.05) is 12.2 Å². The average Bonchev–Trinajstić information content (AvgIpc) is 2.15. The first-order valence-corrected chi connectivity index (χ1v) is 4.25. The van der Waals surface area contributed by atoms with E-state index in [1.54, 1.807) is 6.92 Å². The second-order valence-electron chi connectivity index (χ2n) is 2.50. The highest BCUT2D eigenvalue weighted by Gasteiger charge is 2.17. The quantitative estimate of drug-likeness (QED) is 0.518. The first-order valence-electron chi connectivity index (χ1n) is 4.25. The number of carboxylic acid groups (broad SMARTS) is 1. The first kappa shape index (κ1) is 13.2. The average molecular weight is 216 g/mol. The molecule has 0 amide bonds. The minimum Gasteiger partial charge on any atom is -0.478 e. The van der Waals surface area contributed by atoms with E-state index in [0.717, 1.165) is 6.08 Å². The van der Waals surface area contributed by atoms with Crippen molar-refractivity contribution in [3.63, 3.8) is 0 Å². The standard InChI is InChI=1S/C9H12O6/c1-3-14-9(13)6(2)15-8(12)5-4-7(10)11/h4-6H,3H2,1-2H3,(H,10,11)/b5-4-/t6-/m0/s1. The molecule has 0 aromatic carbocycles. The molecule has 0 radical (unpaired) electrons. The maximum Gasteiger partial charge on any atom is 0.347 e. The summed E-state index contributed by atoms with van der Waals surface area (Å²) in [4.78, 5) is 31.9. The number of carbonyl (C=O) groups excluding carboxylic acids is 2. The van der Waals surface area contributed by atoms with Gasteiger partial charge in [0.15, 0.2) is 6.10 Å². The molecule has 15 heavy (non-hydrogen) atoms. The molecule has 0 saturated carbocycles. The number of carboxylic acids is 1. The fraction of sp³-hybridized carbons (Fsp3) is 0.444. The molecule has 0 heterocycles. The van der Waals surface area contributed by atoms with Gasteiger partial charge in [0.1, 0.15) is 0 Å². The van der Waals surface area contributed by atoms with Crippen LogP contribution in [-0.4, -0.2) is 35.7 Å². The van der Waals surface area contributed by atoms with Crippen LogP contribution in [0.1, 0.15) is 13.8 Å². The molecular formula is C9H12O6. The molecular weight excluding hydrogens is 204 g/mol. The van der Waals surface area contributed by atoms with Crippen molar-refractivity contribution in [3.05, 3.63) is 12.2 Å². The van der Waals surface area contributed by atoms with Gasteiger partial charge < -0.3 is 14.6 Å². The summed E-state index contributed by atoms with van der Waals surface area (Å²) in [6.07, 6.45) is 0.300. The molecule has 0 fully saturated rings. The monoisotopic (exact) mass is 216 g/mol. The van der Waals surface area contributed by atoms with Crippen LogP contribution in [0.3, 0.4) is 0 Å². The molecule has 0 aliphatic carbocycles. The predicted molar refractivity (Wildman–Crippen MR) is 49.0 cm³/mol. The number of rotatable bonds is 5. The van der Waals surface area contributed by atoms with Crippen LogP contribution in [0.25, 0.3) is 0 Å². The summed E-state index contributed by atoms with van der Waals surface area (Å²) in [6, 6.07) is 0. The molecule has 0 spiro atoms. The molecule has 6 nitrogen and oxygen atoms in total. The lowest BCUT2D eigenvalue weighted by Crippen LogP contribution is -2.25. The number of aliphatic carboxylic acids is 1. The molecule has 84 valence electrons. The Labute approximate surface area is 86.5 Å². The van der Waals surface area contributed by atoms with Crippen LogP contribution in [0.2, 0.25) is 0 Å². The zero-order valence-electron chi connectivity index (χ0n) is 8.43. The van der Waals surface area contributed by atoms with E-state index >= 15 is 0 Å². The zero-order valence-corrected chi connectivity index (χ0v) is 8.43. The summed E-state index contributed by atoms with van der Waals surface area (Å²) >= 11 is 0. The molecule has 1 atom stereocenters. The van der Waals surface area contributed by atoms with Crippen LogP contribution in [0.5, 0.6) is 0 Å². The maximum absolute atomic E-state index is 11.0. The summed E-state index contributed by atoms with van der Waals surface area (Å²) in [5.74, 6) is -2.84. The predicted octanol–water partition coefficient (Wildman–Crippen LogP) is 0.122. The van der Waals surface area contributed by atoms with E-state index in [4.69, 9.17) is 5.11 Å². The number of esters is 2. The molecule has 0 saturated heterocycles. The molecule has 6 heteroatoms. The number of ether oxygens (including phenoxy) is 2. The second-order valence-corrected chi connectivity index (χ2v) is 2.50. The van der Waals surface area contributed by atoms with Crippen LogP contribution in [0, 0.1) is 0 Å². The van der Waals surface area contributed by atoms with Gasteiger partial charge in [-0.1, -0.05) is 0 Å². The largest absolute Gasteiger partial charge is 0.478 e. The van der Waals surface area contributed by atoms with Crippen molar-refractivity contribution in [1.29, 1.82) is 0 Å². The maximum atomic E-state index is 11.0. The summed E-state index contributed by atoms with van der Waals surface area (Å²) in [5.41, 5.74) is 0. The Morgan fingerprint density at radius 1 is 1.33 bits per heavy atom. The van der Waals surface area contributed by atoms with Crippen LogP contribution < -0.4 is 0 Å². The van der Waals surface area contributed by atoms with Crippen molar-refractivity contribution in [3.8, 4) is 0 Å². The van der Waals surface area contributed by atoms with Gasteiger partial charge in [0.05, 0.1) is 6.61 Å². The third-order valence-electron chi connectivity index (χ3n) is 1.27. The fourth-order valence-electron chi connectivity index (χ4n) is 0.661. The third kappa shape index (κ3) is 6.25. The summed E-state index contributed by atoms with van der Waals surface area (Å²) < 4.78 is 9.13. The number of hydrogen-bond donors (Lipinski definition) is 1. The van der Waals surface area contributed by atoms with E-state index in [-0.39, 0.29) is 6.61 Å². The Balaban J connectivity index is 4.06. The van der Waals surface area contributed by atoms with E-state index in [1.165, 1.54) is 6.92 Å². The molecule has 0 rings (SSSR count). The van der Waals surface area contributed by atoms with Gasteiger partial charge in [-0.25, -0.2) is 14.4 Å². The van der Waals surface area contributed by atoms with Gasteiger partial charge in [-0.2, -0.15) is 0 Å². The normalized spacial score (nSPS) is 12.1. The first-order chi connectivity index (χ1) is 6.97. The summed E-state index contributed by atoms with van der Waals surface area (Å²) in [5, 5.41) is 8.20. The number of carbonyl (C=O) groups is 3. The van der Waals surface area contributed by atoms with Crippen molar-refractivity contribution in [2.24, 2.45) is 0 Å². The van der Waals surface area contributed by atoms with Gasteiger partial charge in [0.25, 0.3) is 0 Å². The highest BCUT2D eigenvalue weighted by Crippen LogP contribution is 1.96. The van der Waals surface area contributed by atoms with Crippen LogP contribution in [-0.2, 0) is 23.9 Å². The van der Waals surface area contributed by atoms with Gasteiger partial charge in [-0.15, -0.1) is 0 Å². The Kier molecular flexibility index (Phi) is 5.77. The van der Waals surface area contributed by atoms with Crippen LogP contribution in [0.4, 0.5) is 0 Å². The van der Waals surface area contributed by atoms with E-state index in [9.17, 15) is 14.4 Å². The topological polar surface area (TPSA) is 89.9 Å². The fourth-order valence-corrected chi connectivity index (χ4v) is 0.661. The Morgan fingerprint density at radius 2 is 1.93 bits per heavy atom. The van der Waals surface area contributed by atoms with Gasteiger partial charge in [0.2, 0.25) is 0 Å². The van der Waals surface area contributed by atoms with Crippen molar-refractivity contribution in [2.75, 3.05) is 6.61 Å². The van der Waals surface area contributed by atoms with Gasteiger partial charge in [-0.3, -0.25) is 0 Å². The summed E-state index contributed by atoms with van der Waals surface area (Å²) in [6.45, 7) is 3.15. The molecule has 0 bridgehead atoms. The van der Waals surface area contributed by atoms with Gasteiger partial charge in [-0.05, 0) is 13.8 Å². The Bertz CT molecular complexity index is 280. The molecule has 0 aliphatic rings. The molecule has 0 unspecified atom stereocenters. The summed E-state index contributed by atoms with van der Waals surface area (Å²) in [7, 11) is 0. The van der Waals surface area contributed by atoms with Crippen LogP contribution >= 0.6 is 0 Å². The van der Waals surface area contributed by atoms with Crippen LogP contribution in [0.15, 0.2) is 12.2 Å². The van der Waals surface area contributed by atoms with Crippen molar-refractivity contribution >= 4 is 17.9 Å².